The molecule has 1 aromatic carbocycles. The Labute approximate surface area is 154 Å². The molecule has 26 heavy (non-hydrogen) atoms. The normalized spacial score (nSPS) is 11.2. The summed E-state index contributed by atoms with van der Waals surface area (Å²) < 4.78 is 0. The molecule has 0 unspecified atom stereocenters. The maximum Gasteiger partial charge on any atom is 0.229 e. The van der Waals surface area contributed by atoms with Crippen LogP contribution in [0.25, 0.3) is 0 Å². The molecule has 0 fully saturated rings. The largest absolute Gasteiger partial charge is 0.364 e. The van der Waals surface area contributed by atoms with Crippen LogP contribution in [-0.2, 0) is 12.0 Å². The van der Waals surface area contributed by atoms with Gasteiger partial charge in [0.15, 0.2) is 0 Å². The molecular weight excluding hydrogens is 322 g/mol. The Morgan fingerprint density at radius 2 is 1.73 bits per heavy atom. The summed E-state index contributed by atoms with van der Waals surface area (Å²) >= 11 is 0. The topological polar surface area (TPSA) is 62.7 Å². The fourth-order valence-electron chi connectivity index (χ4n) is 2.77. The van der Waals surface area contributed by atoms with Crippen molar-refractivity contribution in [3.63, 3.8) is 0 Å². The van der Waals surface area contributed by atoms with Crippen LogP contribution in [0.15, 0.2) is 54.7 Å². The van der Waals surface area contributed by atoms with Crippen molar-refractivity contribution in [1.82, 2.24) is 15.0 Å². The first kappa shape index (κ1) is 17.9. The molecule has 0 saturated heterocycles. The molecule has 0 atom stereocenters. The predicted molar refractivity (Wildman–Crippen MR) is 107 cm³/mol. The third-order valence-electron chi connectivity index (χ3n) is 4.01. The highest BCUT2D eigenvalue weighted by Crippen LogP contribution is 2.30. The number of rotatable bonds is 5. The summed E-state index contributed by atoms with van der Waals surface area (Å²) in [5.41, 5.74) is 4.16. The highest BCUT2D eigenvalue weighted by atomic mass is 15.1. The molecule has 0 aliphatic heterocycles. The average Bonchev–Trinajstić information content (AvgIpc) is 2.60. The maximum atomic E-state index is 4.61. The molecule has 2 aromatic heterocycles. The fraction of sp³-hybridized carbons (Fsp3) is 0.286. The highest BCUT2D eigenvalue weighted by molar-refractivity contribution is 5.61. The van der Waals surface area contributed by atoms with Crippen LogP contribution in [0.5, 0.6) is 0 Å². The molecule has 2 heterocycles. The average molecular weight is 347 g/mol. The molecule has 5 nitrogen and oxygen atoms in total. The molecule has 0 saturated carbocycles. The Morgan fingerprint density at radius 1 is 0.962 bits per heavy atom. The number of aryl methyl sites for hydroxylation is 1. The van der Waals surface area contributed by atoms with E-state index in [9.17, 15) is 0 Å². The van der Waals surface area contributed by atoms with E-state index in [1.807, 2.05) is 37.3 Å². The summed E-state index contributed by atoms with van der Waals surface area (Å²) in [5.74, 6) is 1.36. The van der Waals surface area contributed by atoms with Gasteiger partial charge in [-0.1, -0.05) is 45.0 Å². The predicted octanol–water partition coefficient (Wildman–Crippen LogP) is 4.83. The summed E-state index contributed by atoms with van der Waals surface area (Å²) in [4.78, 5) is 13.5. The second-order valence-electron chi connectivity index (χ2n) is 7.31. The molecule has 0 aliphatic carbocycles. The van der Waals surface area contributed by atoms with Gasteiger partial charge in [-0.3, -0.25) is 4.98 Å². The Bertz CT molecular complexity index is 869. The molecule has 5 heteroatoms. The van der Waals surface area contributed by atoms with E-state index in [-0.39, 0.29) is 5.41 Å². The zero-order valence-electron chi connectivity index (χ0n) is 15.7. The standard InChI is InChI=1S/C21H25N5/c1-15-13-19(23-14-16-9-7-8-12-22-16)26-20(24-15)25-18-11-6-5-10-17(18)21(2,3)4/h5-13H,14H2,1-4H3,(H2,23,24,25,26). The molecule has 134 valence electrons. The number of nitrogens with one attached hydrogen (secondary N) is 2. The molecule has 0 amide bonds. The van der Waals surface area contributed by atoms with Gasteiger partial charge >= 0.3 is 0 Å². The molecule has 0 radical (unpaired) electrons. The van der Waals surface area contributed by atoms with Gasteiger partial charge in [-0.05, 0) is 36.1 Å². The summed E-state index contributed by atoms with van der Waals surface area (Å²) in [5, 5.41) is 6.70. The lowest BCUT2D eigenvalue weighted by molar-refractivity contribution is 0.592. The van der Waals surface area contributed by atoms with E-state index in [0.29, 0.717) is 12.5 Å². The van der Waals surface area contributed by atoms with E-state index in [4.69, 9.17) is 0 Å². The van der Waals surface area contributed by atoms with Gasteiger partial charge in [0.25, 0.3) is 0 Å². The van der Waals surface area contributed by atoms with Crippen LogP contribution < -0.4 is 10.6 Å². The number of anilines is 3. The van der Waals surface area contributed by atoms with E-state index in [1.165, 1.54) is 5.56 Å². The summed E-state index contributed by atoms with van der Waals surface area (Å²) in [6.45, 7) is 9.18. The first-order valence-corrected chi connectivity index (χ1v) is 8.78. The molecular formula is C21H25N5. The van der Waals surface area contributed by atoms with Crippen molar-refractivity contribution in [2.24, 2.45) is 0 Å². The van der Waals surface area contributed by atoms with Crippen molar-refractivity contribution >= 4 is 17.5 Å². The Hall–Kier alpha value is -2.95. The van der Waals surface area contributed by atoms with Gasteiger partial charge in [0.2, 0.25) is 5.95 Å². The van der Waals surface area contributed by atoms with Crippen molar-refractivity contribution in [1.29, 1.82) is 0 Å². The number of aromatic nitrogens is 3. The monoisotopic (exact) mass is 347 g/mol. The SMILES string of the molecule is Cc1cc(NCc2ccccn2)nc(Nc2ccccc2C(C)(C)C)n1. The van der Waals surface area contributed by atoms with Crippen molar-refractivity contribution in [3.05, 3.63) is 71.7 Å². The van der Waals surface area contributed by atoms with Crippen molar-refractivity contribution < 1.29 is 0 Å². The van der Waals surface area contributed by atoms with Crippen molar-refractivity contribution in [2.45, 2.75) is 39.7 Å². The van der Waals surface area contributed by atoms with Crippen LogP contribution in [0.3, 0.4) is 0 Å². The smallest absolute Gasteiger partial charge is 0.229 e. The third-order valence-corrected chi connectivity index (χ3v) is 4.01. The highest BCUT2D eigenvalue weighted by Gasteiger charge is 2.18. The van der Waals surface area contributed by atoms with Gasteiger partial charge in [-0.2, -0.15) is 4.98 Å². The number of hydrogen-bond acceptors (Lipinski definition) is 5. The molecule has 0 spiro atoms. The Balaban J connectivity index is 1.80. The molecule has 3 rings (SSSR count). The van der Waals surface area contributed by atoms with E-state index < -0.39 is 0 Å². The van der Waals surface area contributed by atoms with E-state index in [2.05, 4.69) is 64.6 Å². The molecule has 0 aliphatic rings. The zero-order chi connectivity index (χ0) is 18.6. The van der Waals surface area contributed by atoms with Crippen molar-refractivity contribution in [2.75, 3.05) is 10.6 Å². The van der Waals surface area contributed by atoms with Gasteiger partial charge < -0.3 is 10.6 Å². The van der Waals surface area contributed by atoms with Crippen LogP contribution in [0.2, 0.25) is 0 Å². The lowest BCUT2D eigenvalue weighted by atomic mass is 9.86. The summed E-state index contributed by atoms with van der Waals surface area (Å²) in [6.07, 6.45) is 1.79. The zero-order valence-corrected chi connectivity index (χ0v) is 15.7. The first-order chi connectivity index (χ1) is 12.4. The third kappa shape index (κ3) is 4.57. The molecule has 0 bridgehead atoms. The van der Waals surface area contributed by atoms with Crippen LogP contribution in [-0.4, -0.2) is 15.0 Å². The van der Waals surface area contributed by atoms with E-state index in [0.717, 1.165) is 22.9 Å². The van der Waals surface area contributed by atoms with Gasteiger partial charge in [-0.25, -0.2) is 4.98 Å². The lowest BCUT2D eigenvalue weighted by Gasteiger charge is -2.23. The number of pyridine rings is 1. The van der Waals surface area contributed by atoms with Crippen molar-refractivity contribution in [3.8, 4) is 0 Å². The van der Waals surface area contributed by atoms with Crippen LogP contribution in [0.1, 0.15) is 37.7 Å². The van der Waals surface area contributed by atoms with Crippen LogP contribution in [0.4, 0.5) is 17.5 Å². The molecule has 3 aromatic rings. The maximum absolute atomic E-state index is 4.61. The quantitative estimate of drug-likeness (QED) is 0.692. The number of para-hydroxylation sites is 1. The fourth-order valence-corrected chi connectivity index (χ4v) is 2.77. The minimum Gasteiger partial charge on any atom is -0.364 e. The second kappa shape index (κ2) is 7.52. The van der Waals surface area contributed by atoms with Crippen LogP contribution in [0, 0.1) is 6.92 Å². The Morgan fingerprint density at radius 3 is 2.46 bits per heavy atom. The van der Waals surface area contributed by atoms with Crippen LogP contribution >= 0.6 is 0 Å². The lowest BCUT2D eigenvalue weighted by Crippen LogP contribution is -2.14. The molecule has 2 N–H and O–H groups in total. The summed E-state index contributed by atoms with van der Waals surface area (Å²) in [6, 6.07) is 16.1. The Kier molecular flexibility index (Phi) is 5.16. The van der Waals surface area contributed by atoms with E-state index >= 15 is 0 Å². The van der Waals surface area contributed by atoms with Gasteiger partial charge in [0, 0.05) is 23.6 Å². The van der Waals surface area contributed by atoms with Gasteiger partial charge in [0.05, 0.1) is 12.2 Å². The summed E-state index contributed by atoms with van der Waals surface area (Å²) in [7, 11) is 0. The minimum absolute atomic E-state index is 0.0352. The van der Waals surface area contributed by atoms with E-state index in [1.54, 1.807) is 6.20 Å². The number of hydrogen-bond donors (Lipinski definition) is 2. The number of nitrogens with zero attached hydrogens (tertiary/aromatic N) is 3. The van der Waals surface area contributed by atoms with Gasteiger partial charge in [0.1, 0.15) is 5.82 Å². The minimum atomic E-state index is 0.0352. The van der Waals surface area contributed by atoms with Gasteiger partial charge in [-0.15, -0.1) is 0 Å². The number of benzene rings is 1. The second-order valence-corrected chi connectivity index (χ2v) is 7.31. The first-order valence-electron chi connectivity index (χ1n) is 8.78.